The number of carbonyl (C=O) groups excluding carboxylic acids is 1. The molecule has 62 valence electrons. The van der Waals surface area contributed by atoms with Crippen molar-refractivity contribution in [2.75, 3.05) is 0 Å². The van der Waals surface area contributed by atoms with Gasteiger partial charge in [0.25, 0.3) is 0 Å². The van der Waals surface area contributed by atoms with E-state index in [-0.39, 0.29) is 5.78 Å². The van der Waals surface area contributed by atoms with Gasteiger partial charge in [-0.1, -0.05) is 0 Å². The lowest BCUT2D eigenvalue weighted by molar-refractivity contribution is -0.114. The van der Waals surface area contributed by atoms with Gasteiger partial charge in [-0.2, -0.15) is 5.10 Å². The SMILES string of the molecule is Cn1ccc(C2=CC(=O)CC2)n1. The molecule has 0 aliphatic heterocycles. The van der Waals surface area contributed by atoms with Crippen molar-refractivity contribution in [3.63, 3.8) is 0 Å². The molecule has 1 aromatic heterocycles. The van der Waals surface area contributed by atoms with Crippen LogP contribution in [0.15, 0.2) is 18.3 Å². The first-order chi connectivity index (χ1) is 5.75. The second-order valence-electron chi connectivity index (χ2n) is 3.01. The van der Waals surface area contributed by atoms with E-state index in [1.54, 1.807) is 10.8 Å². The average Bonchev–Trinajstić information content (AvgIpc) is 2.58. The first-order valence-corrected chi connectivity index (χ1v) is 3.99. The molecular weight excluding hydrogens is 152 g/mol. The zero-order valence-corrected chi connectivity index (χ0v) is 6.95. The van der Waals surface area contributed by atoms with Crippen LogP contribution in [0.3, 0.4) is 0 Å². The third-order valence-electron chi connectivity index (χ3n) is 2.02. The summed E-state index contributed by atoms with van der Waals surface area (Å²) in [6.45, 7) is 0. The standard InChI is InChI=1S/C9H10N2O/c1-11-5-4-9(10-11)7-2-3-8(12)6-7/h4-6H,2-3H2,1H3. The molecule has 0 radical (unpaired) electrons. The van der Waals surface area contributed by atoms with Crippen LogP contribution in [0.1, 0.15) is 18.5 Å². The molecule has 0 saturated heterocycles. The van der Waals surface area contributed by atoms with Crippen LogP contribution in [0.25, 0.3) is 5.57 Å². The molecule has 0 N–H and O–H groups in total. The lowest BCUT2D eigenvalue weighted by Crippen LogP contribution is -1.89. The predicted molar refractivity (Wildman–Crippen MR) is 45.4 cm³/mol. The first kappa shape index (κ1) is 7.28. The zero-order valence-electron chi connectivity index (χ0n) is 6.95. The molecule has 0 fully saturated rings. The van der Waals surface area contributed by atoms with Crippen molar-refractivity contribution in [2.24, 2.45) is 7.05 Å². The van der Waals surface area contributed by atoms with E-state index in [1.165, 1.54) is 0 Å². The van der Waals surface area contributed by atoms with Crippen molar-refractivity contribution in [1.29, 1.82) is 0 Å². The predicted octanol–water partition coefficient (Wildman–Crippen LogP) is 1.17. The average molecular weight is 162 g/mol. The quantitative estimate of drug-likeness (QED) is 0.621. The number of hydrogen-bond donors (Lipinski definition) is 0. The number of aryl methyl sites for hydroxylation is 1. The number of nitrogens with zero attached hydrogens (tertiary/aromatic N) is 2. The number of aromatic nitrogens is 2. The Labute approximate surface area is 70.7 Å². The highest BCUT2D eigenvalue weighted by atomic mass is 16.1. The Kier molecular flexibility index (Phi) is 1.57. The van der Waals surface area contributed by atoms with E-state index < -0.39 is 0 Å². The third kappa shape index (κ3) is 1.18. The van der Waals surface area contributed by atoms with Gasteiger partial charge in [0.1, 0.15) is 0 Å². The van der Waals surface area contributed by atoms with Crippen molar-refractivity contribution >= 4 is 11.4 Å². The molecule has 0 atom stereocenters. The molecule has 0 amide bonds. The first-order valence-electron chi connectivity index (χ1n) is 3.99. The molecule has 0 unspecified atom stereocenters. The molecule has 0 spiro atoms. The molecule has 3 heteroatoms. The van der Waals surface area contributed by atoms with Gasteiger partial charge in [-0.15, -0.1) is 0 Å². The largest absolute Gasteiger partial charge is 0.295 e. The maximum atomic E-state index is 10.9. The lowest BCUT2D eigenvalue weighted by atomic mass is 10.2. The van der Waals surface area contributed by atoms with Crippen LogP contribution in [0.4, 0.5) is 0 Å². The van der Waals surface area contributed by atoms with E-state index in [9.17, 15) is 4.79 Å². The summed E-state index contributed by atoms with van der Waals surface area (Å²) >= 11 is 0. The van der Waals surface area contributed by atoms with E-state index >= 15 is 0 Å². The topological polar surface area (TPSA) is 34.9 Å². The van der Waals surface area contributed by atoms with Crippen LogP contribution < -0.4 is 0 Å². The van der Waals surface area contributed by atoms with Gasteiger partial charge in [0, 0.05) is 19.7 Å². The van der Waals surface area contributed by atoms with Crippen molar-refractivity contribution in [3.05, 3.63) is 24.0 Å². The van der Waals surface area contributed by atoms with Crippen LogP contribution in [0.2, 0.25) is 0 Å². The van der Waals surface area contributed by atoms with Crippen LogP contribution in [-0.2, 0) is 11.8 Å². The Bertz CT molecular complexity index is 349. The van der Waals surface area contributed by atoms with Gasteiger partial charge in [0.15, 0.2) is 5.78 Å². The summed E-state index contributed by atoms with van der Waals surface area (Å²) in [5.74, 6) is 0.218. The highest BCUT2D eigenvalue weighted by molar-refractivity contribution is 6.01. The fraction of sp³-hybridized carbons (Fsp3) is 0.333. The van der Waals surface area contributed by atoms with Gasteiger partial charge < -0.3 is 0 Å². The van der Waals surface area contributed by atoms with Crippen molar-refractivity contribution in [1.82, 2.24) is 9.78 Å². The van der Waals surface area contributed by atoms with Crippen LogP contribution >= 0.6 is 0 Å². The number of allylic oxidation sites excluding steroid dienone is 2. The van der Waals surface area contributed by atoms with Crippen LogP contribution in [0, 0.1) is 0 Å². The number of rotatable bonds is 1. The Morgan fingerprint density at radius 2 is 2.33 bits per heavy atom. The van der Waals surface area contributed by atoms with Gasteiger partial charge in [0.2, 0.25) is 0 Å². The molecule has 1 aliphatic rings. The fourth-order valence-electron chi connectivity index (χ4n) is 1.38. The van der Waals surface area contributed by atoms with Gasteiger partial charge in [-0.3, -0.25) is 9.48 Å². The van der Waals surface area contributed by atoms with Gasteiger partial charge in [0.05, 0.1) is 5.69 Å². The minimum atomic E-state index is 0.218. The molecule has 2 rings (SSSR count). The number of carbonyl (C=O) groups is 1. The maximum absolute atomic E-state index is 10.9. The van der Waals surface area contributed by atoms with Crippen molar-refractivity contribution in [2.45, 2.75) is 12.8 Å². The summed E-state index contributed by atoms with van der Waals surface area (Å²) < 4.78 is 1.75. The minimum Gasteiger partial charge on any atom is -0.295 e. The molecule has 0 bridgehead atoms. The van der Waals surface area contributed by atoms with E-state index in [0.717, 1.165) is 17.7 Å². The molecule has 3 nitrogen and oxygen atoms in total. The molecular formula is C9H10N2O. The Morgan fingerprint density at radius 1 is 1.50 bits per heavy atom. The van der Waals surface area contributed by atoms with Crippen molar-refractivity contribution in [3.8, 4) is 0 Å². The normalized spacial score (nSPS) is 16.8. The summed E-state index contributed by atoms with van der Waals surface area (Å²) in [5, 5.41) is 4.22. The molecule has 1 aromatic rings. The summed E-state index contributed by atoms with van der Waals surface area (Å²) in [7, 11) is 1.88. The maximum Gasteiger partial charge on any atom is 0.156 e. The molecule has 0 saturated carbocycles. The summed E-state index contributed by atoms with van der Waals surface area (Å²) in [4.78, 5) is 10.9. The Hall–Kier alpha value is -1.38. The molecule has 0 aromatic carbocycles. The third-order valence-corrected chi connectivity index (χ3v) is 2.02. The van der Waals surface area contributed by atoms with Gasteiger partial charge >= 0.3 is 0 Å². The highest BCUT2D eigenvalue weighted by Gasteiger charge is 2.14. The van der Waals surface area contributed by atoms with Crippen LogP contribution in [-0.4, -0.2) is 15.6 Å². The highest BCUT2D eigenvalue weighted by Crippen LogP contribution is 2.23. The van der Waals surface area contributed by atoms with Crippen LogP contribution in [0.5, 0.6) is 0 Å². The summed E-state index contributed by atoms with van der Waals surface area (Å²) in [6, 6.07) is 1.93. The monoisotopic (exact) mass is 162 g/mol. The summed E-state index contributed by atoms with van der Waals surface area (Å²) in [6.07, 6.45) is 5.07. The second-order valence-corrected chi connectivity index (χ2v) is 3.01. The van der Waals surface area contributed by atoms with E-state index in [4.69, 9.17) is 0 Å². The Balaban J connectivity index is 2.32. The molecule has 12 heavy (non-hydrogen) atoms. The van der Waals surface area contributed by atoms with Gasteiger partial charge in [-0.05, 0) is 24.1 Å². The molecule has 1 aliphatic carbocycles. The minimum absolute atomic E-state index is 0.218. The zero-order chi connectivity index (χ0) is 8.55. The summed E-state index contributed by atoms with van der Waals surface area (Å²) in [5.41, 5.74) is 2.00. The lowest BCUT2D eigenvalue weighted by Gasteiger charge is -1.92. The Morgan fingerprint density at radius 3 is 2.83 bits per heavy atom. The second kappa shape index (κ2) is 2.59. The van der Waals surface area contributed by atoms with E-state index in [2.05, 4.69) is 5.10 Å². The number of ketones is 1. The fourth-order valence-corrected chi connectivity index (χ4v) is 1.38. The van der Waals surface area contributed by atoms with E-state index in [1.807, 2.05) is 19.3 Å². The molecule has 1 heterocycles. The van der Waals surface area contributed by atoms with Crippen molar-refractivity contribution < 1.29 is 4.79 Å². The number of hydrogen-bond acceptors (Lipinski definition) is 2. The van der Waals surface area contributed by atoms with E-state index in [0.29, 0.717) is 6.42 Å². The smallest absolute Gasteiger partial charge is 0.156 e. The van der Waals surface area contributed by atoms with Gasteiger partial charge in [-0.25, -0.2) is 0 Å².